The number of carbonyl (C=O) groups is 1. The van der Waals surface area contributed by atoms with E-state index in [1.165, 1.54) is 0 Å². The third kappa shape index (κ3) is 1.87. The summed E-state index contributed by atoms with van der Waals surface area (Å²) in [5.41, 5.74) is 1.90. The number of hydrazine groups is 1. The minimum atomic E-state index is -1.16. The molecule has 0 amide bonds. The van der Waals surface area contributed by atoms with Crippen LogP contribution in [0.4, 0.5) is 0 Å². The lowest BCUT2D eigenvalue weighted by Gasteiger charge is -2.04. The smallest absolute Gasteiger partial charge is 0.324 e. The van der Waals surface area contributed by atoms with Gasteiger partial charge in [0, 0.05) is 0 Å². The molecule has 0 heterocycles. The molecule has 0 saturated heterocycles. The first-order valence-corrected chi connectivity index (χ1v) is 2.02. The molecule has 0 aliphatic rings. The summed E-state index contributed by atoms with van der Waals surface area (Å²) in [6.07, 6.45) is 0. The highest BCUT2D eigenvalue weighted by molar-refractivity contribution is 5.73. The molecule has 8 heavy (non-hydrogen) atoms. The van der Waals surface area contributed by atoms with E-state index in [-0.39, 0.29) is 0 Å². The average Bonchev–Trinajstić information content (AvgIpc) is 1.69. The first-order valence-electron chi connectivity index (χ1n) is 2.02. The zero-order valence-corrected chi connectivity index (χ0v) is 4.16. The Morgan fingerprint density at radius 2 is 2.38 bits per heavy atom. The van der Waals surface area contributed by atoms with Crippen LogP contribution in [-0.2, 0) is 4.79 Å². The molecule has 0 fully saturated rings. The van der Waals surface area contributed by atoms with Crippen LogP contribution in [0, 0.1) is 0 Å². The number of carboxylic acid groups (broad SMARTS) is 1. The number of rotatable bonds is 3. The first-order chi connectivity index (χ1) is 3.72. The van der Waals surface area contributed by atoms with E-state index >= 15 is 0 Å². The Bertz CT molecular complexity index is 80.6. The Hall–Kier alpha value is -0.650. The van der Waals surface area contributed by atoms with E-state index < -0.39 is 18.6 Å². The highest BCUT2D eigenvalue weighted by Crippen LogP contribution is 1.75. The fraction of sp³-hybridized carbons (Fsp3) is 0.667. The molecule has 0 rings (SSSR count). The Kier molecular flexibility index (Phi) is 3.09. The van der Waals surface area contributed by atoms with Crippen LogP contribution in [0.1, 0.15) is 0 Å². The molecule has 0 spiro atoms. The average molecular weight is 120 g/mol. The topological polar surface area (TPSA) is 95.6 Å². The van der Waals surface area contributed by atoms with Gasteiger partial charge in [0.1, 0.15) is 6.04 Å². The van der Waals surface area contributed by atoms with E-state index in [1.54, 1.807) is 0 Å². The summed E-state index contributed by atoms with van der Waals surface area (Å²) in [6.45, 7) is -0.494. The van der Waals surface area contributed by atoms with Crippen LogP contribution in [0.3, 0.4) is 0 Å². The molecule has 0 radical (unpaired) electrons. The fourth-order valence-electron chi connectivity index (χ4n) is 0.202. The van der Waals surface area contributed by atoms with Crippen molar-refractivity contribution >= 4 is 5.97 Å². The van der Waals surface area contributed by atoms with Crippen LogP contribution in [-0.4, -0.2) is 28.8 Å². The van der Waals surface area contributed by atoms with E-state index in [9.17, 15) is 4.79 Å². The zero-order valence-electron chi connectivity index (χ0n) is 4.16. The van der Waals surface area contributed by atoms with Crippen LogP contribution in [0.2, 0.25) is 0 Å². The van der Waals surface area contributed by atoms with Crippen molar-refractivity contribution in [2.45, 2.75) is 6.04 Å². The SMILES string of the molecule is NN[C@@H](CO)C(=O)O. The molecule has 5 heteroatoms. The second kappa shape index (κ2) is 3.36. The van der Waals surface area contributed by atoms with E-state index in [0.29, 0.717) is 0 Å². The quantitative estimate of drug-likeness (QED) is 0.252. The molecule has 0 unspecified atom stereocenters. The Balaban J connectivity index is 3.52. The van der Waals surface area contributed by atoms with Gasteiger partial charge in [0.15, 0.2) is 0 Å². The van der Waals surface area contributed by atoms with Gasteiger partial charge in [0.25, 0.3) is 0 Å². The van der Waals surface area contributed by atoms with Gasteiger partial charge in [-0.15, -0.1) is 0 Å². The molecule has 1 atom stereocenters. The number of hydrogen-bond acceptors (Lipinski definition) is 4. The van der Waals surface area contributed by atoms with Crippen LogP contribution >= 0.6 is 0 Å². The van der Waals surface area contributed by atoms with Crippen molar-refractivity contribution in [2.75, 3.05) is 6.61 Å². The van der Waals surface area contributed by atoms with Crippen LogP contribution in [0.5, 0.6) is 0 Å². The standard InChI is InChI=1S/C3H8N2O3/c4-5-2(1-6)3(7)8/h2,5-6H,1,4H2,(H,7,8)/t2-/m0/s1. The predicted octanol–water partition coefficient (Wildman–Crippen LogP) is -2.10. The van der Waals surface area contributed by atoms with Crippen molar-refractivity contribution in [2.24, 2.45) is 5.84 Å². The van der Waals surface area contributed by atoms with Crippen molar-refractivity contribution in [3.05, 3.63) is 0 Å². The number of nitrogens with one attached hydrogen (secondary N) is 1. The highest BCUT2D eigenvalue weighted by Gasteiger charge is 2.11. The van der Waals surface area contributed by atoms with Crippen molar-refractivity contribution in [1.82, 2.24) is 5.43 Å². The van der Waals surface area contributed by atoms with Crippen LogP contribution in [0.15, 0.2) is 0 Å². The monoisotopic (exact) mass is 120 g/mol. The van der Waals surface area contributed by atoms with Gasteiger partial charge in [-0.2, -0.15) is 0 Å². The summed E-state index contributed by atoms with van der Waals surface area (Å²) in [5, 5.41) is 16.2. The Labute approximate surface area is 46.1 Å². The maximum Gasteiger partial charge on any atom is 0.324 e. The second-order valence-electron chi connectivity index (χ2n) is 1.24. The lowest BCUT2D eigenvalue weighted by molar-refractivity contribution is -0.140. The summed E-state index contributed by atoms with van der Waals surface area (Å²) >= 11 is 0. The maximum absolute atomic E-state index is 9.86. The maximum atomic E-state index is 9.86. The van der Waals surface area contributed by atoms with Gasteiger partial charge in [-0.1, -0.05) is 0 Å². The third-order valence-corrected chi connectivity index (χ3v) is 0.682. The van der Waals surface area contributed by atoms with Gasteiger partial charge in [-0.05, 0) is 0 Å². The normalized spacial score (nSPS) is 13.2. The van der Waals surface area contributed by atoms with E-state index in [1.807, 2.05) is 5.43 Å². The van der Waals surface area contributed by atoms with E-state index in [0.717, 1.165) is 0 Å². The van der Waals surface area contributed by atoms with Gasteiger partial charge < -0.3 is 10.2 Å². The molecule has 5 N–H and O–H groups in total. The molecule has 0 aliphatic heterocycles. The molecule has 0 aliphatic carbocycles. The van der Waals surface area contributed by atoms with Gasteiger partial charge in [0.05, 0.1) is 6.61 Å². The van der Waals surface area contributed by atoms with Gasteiger partial charge in [-0.3, -0.25) is 10.6 Å². The van der Waals surface area contributed by atoms with Crippen molar-refractivity contribution in [3.63, 3.8) is 0 Å². The number of hydrogen-bond donors (Lipinski definition) is 4. The number of aliphatic carboxylic acids is 1. The number of nitrogens with two attached hydrogens (primary N) is 1. The summed E-state index contributed by atoms with van der Waals surface area (Å²) in [4.78, 5) is 9.86. The van der Waals surface area contributed by atoms with Crippen molar-refractivity contribution < 1.29 is 15.0 Å². The van der Waals surface area contributed by atoms with Crippen molar-refractivity contribution in [3.8, 4) is 0 Å². The fourth-order valence-corrected chi connectivity index (χ4v) is 0.202. The highest BCUT2D eigenvalue weighted by atomic mass is 16.4. The van der Waals surface area contributed by atoms with Crippen molar-refractivity contribution in [1.29, 1.82) is 0 Å². The molecule has 0 aromatic carbocycles. The summed E-state index contributed by atoms with van der Waals surface area (Å²) in [7, 11) is 0. The zero-order chi connectivity index (χ0) is 6.57. The lowest BCUT2D eigenvalue weighted by Crippen LogP contribution is -2.43. The molecule has 48 valence electrons. The molecule has 0 saturated carbocycles. The third-order valence-electron chi connectivity index (χ3n) is 0.682. The van der Waals surface area contributed by atoms with Gasteiger partial charge >= 0.3 is 5.97 Å². The number of aliphatic hydroxyl groups excluding tert-OH is 1. The molecule has 5 nitrogen and oxygen atoms in total. The Morgan fingerprint density at radius 3 is 2.38 bits per heavy atom. The summed E-state index contributed by atoms with van der Waals surface area (Å²) in [6, 6.07) is -1.05. The predicted molar refractivity (Wildman–Crippen MR) is 25.8 cm³/mol. The largest absolute Gasteiger partial charge is 0.480 e. The minimum absolute atomic E-state index is 0.494. The molecule has 0 bridgehead atoms. The Morgan fingerprint density at radius 1 is 1.88 bits per heavy atom. The molecular weight excluding hydrogens is 112 g/mol. The van der Waals surface area contributed by atoms with Crippen LogP contribution in [0.25, 0.3) is 0 Å². The first kappa shape index (κ1) is 7.35. The van der Waals surface area contributed by atoms with E-state index in [2.05, 4.69) is 0 Å². The van der Waals surface area contributed by atoms with Gasteiger partial charge in [0.2, 0.25) is 0 Å². The summed E-state index contributed by atoms with van der Waals surface area (Å²) in [5.74, 6) is 3.54. The van der Waals surface area contributed by atoms with Gasteiger partial charge in [-0.25, -0.2) is 5.43 Å². The molecule has 0 aromatic rings. The summed E-state index contributed by atoms with van der Waals surface area (Å²) < 4.78 is 0. The molecule has 0 aromatic heterocycles. The number of aliphatic hydroxyl groups is 1. The second-order valence-corrected chi connectivity index (χ2v) is 1.24. The van der Waals surface area contributed by atoms with Crippen LogP contribution < -0.4 is 11.3 Å². The minimum Gasteiger partial charge on any atom is -0.480 e. The van der Waals surface area contributed by atoms with E-state index in [4.69, 9.17) is 16.1 Å². The number of carboxylic acids is 1. The lowest BCUT2D eigenvalue weighted by atomic mass is 10.3. The molecular formula is C3H8N2O3.